The highest BCUT2D eigenvalue weighted by molar-refractivity contribution is 7.92. The molecule has 0 heterocycles. The minimum Gasteiger partial charge on any atom is -0.324 e. The molecular weight excluding hydrogens is 454 g/mol. The third-order valence-electron chi connectivity index (χ3n) is 4.83. The van der Waals surface area contributed by atoms with Gasteiger partial charge in [0.1, 0.15) is 6.54 Å². The number of sulfonamides is 1. The largest absolute Gasteiger partial charge is 0.324 e. The Labute approximate surface area is 190 Å². The van der Waals surface area contributed by atoms with Crippen molar-refractivity contribution in [3.05, 3.63) is 93.0 Å². The molecule has 0 radical (unpaired) electrons. The molecule has 1 N–H and O–H groups in total. The Kier molecular flexibility index (Phi) is 6.81. The van der Waals surface area contributed by atoms with Crippen LogP contribution in [0.4, 0.5) is 17.1 Å². The first-order chi connectivity index (χ1) is 15.1. The van der Waals surface area contributed by atoms with E-state index in [1.165, 1.54) is 30.3 Å². The minimum absolute atomic E-state index is 0.0127. The predicted octanol–water partition coefficient (Wildman–Crippen LogP) is 4.70. The molecule has 3 rings (SSSR count). The Bertz CT molecular complexity index is 1280. The molecule has 8 nitrogen and oxygen atoms in total. The Morgan fingerprint density at radius 1 is 1.06 bits per heavy atom. The van der Waals surface area contributed by atoms with Crippen LogP contribution >= 0.6 is 11.6 Å². The number of hydrogen-bond acceptors (Lipinski definition) is 5. The van der Waals surface area contributed by atoms with E-state index >= 15 is 0 Å². The zero-order chi connectivity index (χ0) is 23.5. The highest BCUT2D eigenvalue weighted by atomic mass is 35.5. The van der Waals surface area contributed by atoms with E-state index in [-0.39, 0.29) is 22.0 Å². The molecule has 166 valence electrons. The van der Waals surface area contributed by atoms with Gasteiger partial charge in [-0.1, -0.05) is 41.9 Å². The summed E-state index contributed by atoms with van der Waals surface area (Å²) in [5, 5.41) is 14.0. The van der Waals surface area contributed by atoms with Crippen LogP contribution in [0.1, 0.15) is 11.1 Å². The van der Waals surface area contributed by atoms with Crippen molar-refractivity contribution < 1.29 is 18.1 Å². The number of rotatable bonds is 7. The topological polar surface area (TPSA) is 110 Å². The Balaban J connectivity index is 2.00. The zero-order valence-electron chi connectivity index (χ0n) is 17.3. The highest BCUT2D eigenvalue weighted by Crippen LogP contribution is 2.31. The van der Waals surface area contributed by atoms with E-state index in [2.05, 4.69) is 5.32 Å². The average molecular weight is 474 g/mol. The van der Waals surface area contributed by atoms with E-state index in [9.17, 15) is 23.3 Å². The van der Waals surface area contributed by atoms with Gasteiger partial charge in [-0.25, -0.2) is 8.42 Å². The summed E-state index contributed by atoms with van der Waals surface area (Å²) in [5.74, 6) is -0.660. The van der Waals surface area contributed by atoms with Crippen molar-refractivity contribution in [2.45, 2.75) is 18.7 Å². The number of nitro benzene ring substituents is 1. The van der Waals surface area contributed by atoms with Gasteiger partial charge in [-0.2, -0.15) is 0 Å². The summed E-state index contributed by atoms with van der Waals surface area (Å²) >= 11 is 6.20. The fourth-order valence-electron chi connectivity index (χ4n) is 3.06. The van der Waals surface area contributed by atoms with E-state index in [4.69, 9.17) is 11.6 Å². The summed E-state index contributed by atoms with van der Waals surface area (Å²) in [5.41, 5.74) is 1.38. The first kappa shape index (κ1) is 23.2. The van der Waals surface area contributed by atoms with E-state index in [1.807, 2.05) is 0 Å². The normalized spacial score (nSPS) is 11.1. The van der Waals surface area contributed by atoms with Crippen LogP contribution in [0.2, 0.25) is 5.02 Å². The Morgan fingerprint density at radius 2 is 1.75 bits per heavy atom. The second kappa shape index (κ2) is 9.37. The smallest absolute Gasteiger partial charge is 0.271 e. The fourth-order valence-corrected chi connectivity index (χ4v) is 4.73. The summed E-state index contributed by atoms with van der Waals surface area (Å²) in [7, 11) is -4.11. The van der Waals surface area contributed by atoms with Gasteiger partial charge in [0.2, 0.25) is 5.91 Å². The second-order valence-electron chi connectivity index (χ2n) is 7.01. The number of amides is 1. The third kappa shape index (κ3) is 4.90. The molecule has 0 spiro atoms. The SMILES string of the molecule is Cc1ccc([N+](=O)[O-])cc1NC(=O)CN(c1cccc(Cl)c1C)S(=O)(=O)c1ccccc1. The molecule has 32 heavy (non-hydrogen) atoms. The number of halogens is 1. The Morgan fingerprint density at radius 3 is 2.41 bits per heavy atom. The lowest BCUT2D eigenvalue weighted by Gasteiger charge is -2.26. The van der Waals surface area contributed by atoms with Gasteiger partial charge >= 0.3 is 0 Å². The van der Waals surface area contributed by atoms with Crippen LogP contribution in [0.3, 0.4) is 0 Å². The molecule has 0 atom stereocenters. The molecule has 1 amide bonds. The fraction of sp³-hybridized carbons (Fsp3) is 0.136. The van der Waals surface area contributed by atoms with Crippen molar-refractivity contribution >= 4 is 44.6 Å². The van der Waals surface area contributed by atoms with Crippen molar-refractivity contribution in [1.82, 2.24) is 0 Å². The van der Waals surface area contributed by atoms with Crippen molar-refractivity contribution in [2.24, 2.45) is 0 Å². The summed E-state index contributed by atoms with van der Waals surface area (Å²) in [6, 6.07) is 16.6. The molecule has 0 fully saturated rings. The number of carbonyl (C=O) groups is 1. The number of nitrogens with zero attached hydrogens (tertiary/aromatic N) is 2. The summed E-state index contributed by atoms with van der Waals surface area (Å²) in [4.78, 5) is 23.4. The molecule has 0 aliphatic rings. The number of anilines is 2. The first-order valence-corrected chi connectivity index (χ1v) is 11.3. The van der Waals surface area contributed by atoms with E-state index in [1.54, 1.807) is 50.2 Å². The van der Waals surface area contributed by atoms with Crippen molar-refractivity contribution in [3.63, 3.8) is 0 Å². The van der Waals surface area contributed by atoms with Gasteiger partial charge in [-0.3, -0.25) is 19.2 Å². The van der Waals surface area contributed by atoms with E-state index in [0.29, 0.717) is 16.1 Å². The quantitative estimate of drug-likeness (QED) is 0.395. The molecule has 0 unspecified atom stereocenters. The number of aryl methyl sites for hydroxylation is 1. The number of carbonyl (C=O) groups excluding carboxylic acids is 1. The van der Waals surface area contributed by atoms with Crippen LogP contribution in [0, 0.1) is 24.0 Å². The lowest BCUT2D eigenvalue weighted by atomic mass is 10.2. The molecule has 0 saturated heterocycles. The number of non-ortho nitro benzene ring substituents is 1. The van der Waals surface area contributed by atoms with Gasteiger partial charge < -0.3 is 5.32 Å². The molecule has 3 aromatic carbocycles. The molecule has 0 bridgehead atoms. The molecule has 10 heteroatoms. The summed E-state index contributed by atoms with van der Waals surface area (Å²) in [6.45, 7) is 2.78. The maximum absolute atomic E-state index is 13.4. The van der Waals surface area contributed by atoms with Crippen LogP contribution < -0.4 is 9.62 Å². The average Bonchev–Trinajstić information content (AvgIpc) is 2.76. The summed E-state index contributed by atoms with van der Waals surface area (Å²) in [6.07, 6.45) is 0. The molecule has 0 aliphatic carbocycles. The van der Waals surface area contributed by atoms with E-state index in [0.717, 1.165) is 4.31 Å². The van der Waals surface area contributed by atoms with Gasteiger partial charge in [0, 0.05) is 17.2 Å². The maximum atomic E-state index is 13.4. The van der Waals surface area contributed by atoms with Crippen LogP contribution in [0.15, 0.2) is 71.6 Å². The first-order valence-electron chi connectivity index (χ1n) is 9.49. The van der Waals surface area contributed by atoms with Gasteiger partial charge in [0.15, 0.2) is 0 Å². The number of nitrogens with one attached hydrogen (secondary N) is 1. The molecular formula is C22H20ClN3O5S. The lowest BCUT2D eigenvalue weighted by Crippen LogP contribution is -2.38. The van der Waals surface area contributed by atoms with Gasteiger partial charge in [-0.15, -0.1) is 0 Å². The van der Waals surface area contributed by atoms with Gasteiger partial charge in [0.25, 0.3) is 15.7 Å². The van der Waals surface area contributed by atoms with Crippen molar-refractivity contribution in [1.29, 1.82) is 0 Å². The Hall–Kier alpha value is -3.43. The zero-order valence-corrected chi connectivity index (χ0v) is 18.9. The number of nitro groups is 1. The van der Waals surface area contributed by atoms with Crippen LogP contribution in [0.25, 0.3) is 0 Å². The van der Waals surface area contributed by atoms with Crippen LogP contribution in [0.5, 0.6) is 0 Å². The van der Waals surface area contributed by atoms with Crippen LogP contribution in [-0.2, 0) is 14.8 Å². The van der Waals surface area contributed by atoms with E-state index < -0.39 is 27.4 Å². The number of benzene rings is 3. The van der Waals surface area contributed by atoms with Crippen molar-refractivity contribution in [2.75, 3.05) is 16.2 Å². The minimum atomic E-state index is -4.11. The third-order valence-corrected chi connectivity index (χ3v) is 7.02. The maximum Gasteiger partial charge on any atom is 0.271 e. The molecule has 0 saturated carbocycles. The predicted molar refractivity (Wildman–Crippen MR) is 124 cm³/mol. The molecule has 3 aromatic rings. The number of hydrogen-bond donors (Lipinski definition) is 1. The molecule has 0 aromatic heterocycles. The second-order valence-corrected chi connectivity index (χ2v) is 9.28. The highest BCUT2D eigenvalue weighted by Gasteiger charge is 2.29. The molecule has 0 aliphatic heterocycles. The van der Waals surface area contributed by atoms with Gasteiger partial charge in [-0.05, 0) is 49.2 Å². The standard InChI is InChI=1S/C22H20ClN3O5S/c1-15-11-12-17(26(28)29)13-20(15)24-22(27)14-25(21-10-6-9-19(23)16(21)2)32(30,31)18-7-4-3-5-8-18/h3-13H,14H2,1-2H3,(H,24,27). The monoisotopic (exact) mass is 473 g/mol. The van der Waals surface area contributed by atoms with Gasteiger partial charge in [0.05, 0.1) is 21.2 Å². The summed E-state index contributed by atoms with van der Waals surface area (Å²) < 4.78 is 27.8. The van der Waals surface area contributed by atoms with Crippen LogP contribution in [-0.4, -0.2) is 25.8 Å². The van der Waals surface area contributed by atoms with Crippen molar-refractivity contribution in [3.8, 4) is 0 Å². The lowest BCUT2D eigenvalue weighted by molar-refractivity contribution is -0.384.